The van der Waals surface area contributed by atoms with E-state index in [0.717, 1.165) is 26.8 Å². The summed E-state index contributed by atoms with van der Waals surface area (Å²) in [7, 11) is 3.10. The lowest BCUT2D eigenvalue weighted by atomic mass is 10.0. The zero-order valence-corrected chi connectivity index (χ0v) is 28.8. The molecule has 0 aliphatic rings. The Morgan fingerprint density at radius 2 is 1.39 bits per heavy atom. The molecule has 0 bridgehead atoms. The summed E-state index contributed by atoms with van der Waals surface area (Å²) in [5, 5.41) is 10.1. The van der Waals surface area contributed by atoms with Crippen molar-refractivity contribution in [1.29, 1.82) is 0 Å². The number of methoxy groups -OCH3 is 2. The lowest BCUT2D eigenvalue weighted by Gasteiger charge is -2.19. The van der Waals surface area contributed by atoms with Crippen LogP contribution in [-0.2, 0) is 9.59 Å². The largest absolute Gasteiger partial charge is 0.497 e. The molecule has 0 saturated heterocycles. The number of carbonyl (C=O) groups excluding carboxylic acids is 3. The molecule has 1 atom stereocenters. The van der Waals surface area contributed by atoms with E-state index >= 15 is 0 Å². The van der Waals surface area contributed by atoms with Crippen molar-refractivity contribution >= 4 is 57.7 Å². The molecule has 0 saturated carbocycles. The number of hydrogen-bond acceptors (Lipinski definition) is 6. The van der Waals surface area contributed by atoms with Crippen LogP contribution >= 0.6 is 11.8 Å². The van der Waals surface area contributed by atoms with Gasteiger partial charge in [0.1, 0.15) is 22.4 Å². The Hall–Kier alpha value is -6.32. The van der Waals surface area contributed by atoms with Crippen molar-refractivity contribution in [2.75, 3.05) is 24.9 Å². The predicted molar refractivity (Wildman–Crippen MR) is 204 cm³/mol. The molecule has 0 heterocycles. The Kier molecular flexibility index (Phi) is 11.1. The summed E-state index contributed by atoms with van der Waals surface area (Å²) < 4.78 is 10.8. The van der Waals surface area contributed by atoms with Gasteiger partial charge in [-0.3, -0.25) is 14.4 Å². The standard InChI is InChI=1S/C42H35N3O5S/c1-49-33-23-24-36(38(27-33)50-2)44-42(48)39(29-14-5-3-6-15-29)51-34-21-12-20-32(26-34)43-41(47)37(45-40(46)30-16-7-4-8-17-30)25-31-19-11-18-28-13-9-10-22-35(28)31/h3-27,39H,1-2H3,(H,43,47)(H,44,48)(H,45,46)/b37-25+. The Morgan fingerprint density at radius 3 is 2.16 bits per heavy atom. The maximum atomic E-state index is 13.9. The summed E-state index contributed by atoms with van der Waals surface area (Å²) in [6.45, 7) is 0. The average Bonchev–Trinajstić information content (AvgIpc) is 3.17. The van der Waals surface area contributed by atoms with Gasteiger partial charge in [-0.05, 0) is 70.4 Å². The Balaban J connectivity index is 1.27. The summed E-state index contributed by atoms with van der Waals surface area (Å²) in [4.78, 5) is 41.7. The van der Waals surface area contributed by atoms with Crippen molar-refractivity contribution in [2.24, 2.45) is 0 Å². The SMILES string of the molecule is COc1ccc(NC(=O)C(Sc2cccc(NC(=O)/C(=C\c3cccc4ccccc34)NC(=O)c3ccccc3)c2)c2ccccc2)c(OC)c1. The highest BCUT2D eigenvalue weighted by atomic mass is 32.2. The lowest BCUT2D eigenvalue weighted by molar-refractivity contribution is -0.116. The molecule has 0 radical (unpaired) electrons. The van der Waals surface area contributed by atoms with Crippen LogP contribution in [-0.4, -0.2) is 31.9 Å². The molecule has 0 aliphatic heterocycles. The Labute approximate surface area is 300 Å². The van der Waals surface area contributed by atoms with E-state index in [-0.39, 0.29) is 11.6 Å². The van der Waals surface area contributed by atoms with Gasteiger partial charge in [-0.25, -0.2) is 0 Å². The van der Waals surface area contributed by atoms with Gasteiger partial charge in [-0.15, -0.1) is 11.8 Å². The normalized spacial score (nSPS) is 11.7. The fourth-order valence-corrected chi connectivity index (χ4v) is 6.54. The minimum absolute atomic E-state index is 0.0771. The van der Waals surface area contributed by atoms with Gasteiger partial charge in [-0.1, -0.05) is 97.1 Å². The van der Waals surface area contributed by atoms with Crippen LogP contribution in [0.5, 0.6) is 11.5 Å². The average molecular weight is 694 g/mol. The van der Waals surface area contributed by atoms with Crippen LogP contribution in [0.4, 0.5) is 11.4 Å². The summed E-state index contributed by atoms with van der Waals surface area (Å²) in [6.07, 6.45) is 1.68. The first-order valence-corrected chi connectivity index (χ1v) is 17.0. The fraction of sp³-hybridized carbons (Fsp3) is 0.0714. The fourth-order valence-electron chi connectivity index (χ4n) is 5.46. The van der Waals surface area contributed by atoms with Gasteiger partial charge in [0.25, 0.3) is 11.8 Å². The molecule has 3 amide bonds. The van der Waals surface area contributed by atoms with Gasteiger partial charge < -0.3 is 25.4 Å². The van der Waals surface area contributed by atoms with Crippen LogP contribution in [0.1, 0.15) is 26.7 Å². The number of thioether (sulfide) groups is 1. The monoisotopic (exact) mass is 693 g/mol. The van der Waals surface area contributed by atoms with Crippen molar-refractivity contribution in [1.82, 2.24) is 5.32 Å². The third-order valence-corrected chi connectivity index (χ3v) is 9.25. The quantitative estimate of drug-likeness (QED) is 0.0875. The Bertz CT molecular complexity index is 2200. The molecule has 0 spiro atoms. The van der Waals surface area contributed by atoms with Crippen molar-refractivity contribution in [2.45, 2.75) is 10.1 Å². The summed E-state index contributed by atoms with van der Waals surface area (Å²) >= 11 is 1.34. The zero-order chi connectivity index (χ0) is 35.6. The lowest BCUT2D eigenvalue weighted by Crippen LogP contribution is -2.30. The third-order valence-electron chi connectivity index (χ3n) is 8.00. The number of anilines is 2. The van der Waals surface area contributed by atoms with Gasteiger partial charge in [0, 0.05) is 22.2 Å². The highest BCUT2D eigenvalue weighted by Gasteiger charge is 2.24. The van der Waals surface area contributed by atoms with Crippen LogP contribution in [0, 0.1) is 0 Å². The molecule has 254 valence electrons. The van der Waals surface area contributed by atoms with Gasteiger partial charge in [0.15, 0.2) is 0 Å². The number of rotatable bonds is 12. The van der Waals surface area contributed by atoms with E-state index in [0.29, 0.717) is 28.4 Å². The van der Waals surface area contributed by atoms with Crippen molar-refractivity contribution < 1.29 is 23.9 Å². The molecule has 0 aliphatic carbocycles. The minimum atomic E-state index is -0.643. The molecule has 6 aromatic carbocycles. The first-order chi connectivity index (χ1) is 24.9. The van der Waals surface area contributed by atoms with E-state index < -0.39 is 17.1 Å². The Morgan fingerprint density at radius 1 is 0.686 bits per heavy atom. The number of fused-ring (bicyclic) bond motifs is 1. The summed E-state index contributed by atoms with van der Waals surface area (Å²) in [5.74, 6) is -0.0958. The van der Waals surface area contributed by atoms with Crippen LogP contribution < -0.4 is 25.4 Å². The second kappa shape index (κ2) is 16.4. The maximum absolute atomic E-state index is 13.9. The van der Waals surface area contributed by atoms with E-state index in [1.807, 2.05) is 84.9 Å². The highest BCUT2D eigenvalue weighted by molar-refractivity contribution is 8.00. The van der Waals surface area contributed by atoms with Crippen molar-refractivity contribution in [3.8, 4) is 11.5 Å². The topological polar surface area (TPSA) is 106 Å². The number of ether oxygens (including phenoxy) is 2. The van der Waals surface area contributed by atoms with E-state index in [1.165, 1.54) is 18.9 Å². The molecule has 3 N–H and O–H groups in total. The molecule has 8 nitrogen and oxygen atoms in total. The molecule has 1 unspecified atom stereocenters. The van der Waals surface area contributed by atoms with Crippen LogP contribution in [0.3, 0.4) is 0 Å². The van der Waals surface area contributed by atoms with Gasteiger partial charge in [-0.2, -0.15) is 0 Å². The minimum Gasteiger partial charge on any atom is -0.497 e. The molecule has 51 heavy (non-hydrogen) atoms. The summed E-state index contributed by atoms with van der Waals surface area (Å²) in [6, 6.07) is 44.3. The second-order valence-corrected chi connectivity index (χ2v) is 12.6. The van der Waals surface area contributed by atoms with Crippen LogP contribution in [0.2, 0.25) is 0 Å². The van der Waals surface area contributed by atoms with E-state index in [4.69, 9.17) is 9.47 Å². The van der Waals surface area contributed by atoms with Crippen molar-refractivity contribution in [3.05, 3.63) is 168 Å². The molecular weight excluding hydrogens is 659 g/mol. The van der Waals surface area contributed by atoms with Crippen molar-refractivity contribution in [3.63, 3.8) is 0 Å². The predicted octanol–water partition coefficient (Wildman–Crippen LogP) is 8.74. The van der Waals surface area contributed by atoms with Gasteiger partial charge in [0.2, 0.25) is 5.91 Å². The maximum Gasteiger partial charge on any atom is 0.272 e. The first kappa shape index (κ1) is 34.5. The van der Waals surface area contributed by atoms with E-state index in [9.17, 15) is 14.4 Å². The van der Waals surface area contributed by atoms with Gasteiger partial charge in [0.05, 0.1) is 19.9 Å². The molecule has 0 fully saturated rings. The number of hydrogen-bond donors (Lipinski definition) is 3. The smallest absolute Gasteiger partial charge is 0.272 e. The van der Waals surface area contributed by atoms with E-state index in [2.05, 4.69) is 16.0 Å². The summed E-state index contributed by atoms with van der Waals surface area (Å²) in [5.41, 5.74) is 3.07. The van der Waals surface area contributed by atoms with E-state index in [1.54, 1.807) is 73.8 Å². The second-order valence-electron chi connectivity index (χ2n) is 11.4. The number of nitrogens with one attached hydrogen (secondary N) is 3. The molecule has 9 heteroatoms. The molecule has 6 aromatic rings. The van der Waals surface area contributed by atoms with Gasteiger partial charge >= 0.3 is 0 Å². The number of amides is 3. The number of benzene rings is 6. The zero-order valence-electron chi connectivity index (χ0n) is 28.0. The van der Waals surface area contributed by atoms with Crippen LogP contribution in [0.25, 0.3) is 16.8 Å². The third kappa shape index (κ3) is 8.65. The molecule has 0 aromatic heterocycles. The molecule has 6 rings (SSSR count). The molecular formula is C42H35N3O5S. The highest BCUT2D eigenvalue weighted by Crippen LogP contribution is 2.38. The first-order valence-electron chi connectivity index (χ1n) is 16.1. The van der Waals surface area contributed by atoms with Crippen LogP contribution in [0.15, 0.2) is 156 Å². The number of carbonyl (C=O) groups is 3.